The molecule has 0 aromatic heterocycles. The molecule has 18 heavy (non-hydrogen) atoms. The summed E-state index contributed by atoms with van der Waals surface area (Å²) < 4.78 is 13.9. The predicted molar refractivity (Wildman–Crippen MR) is 71.0 cm³/mol. The summed E-state index contributed by atoms with van der Waals surface area (Å²) in [6.07, 6.45) is 3.30. The van der Waals surface area contributed by atoms with Gasteiger partial charge >= 0.3 is 0 Å². The van der Waals surface area contributed by atoms with E-state index in [1.54, 1.807) is 12.1 Å². The molecule has 1 atom stereocenters. The molecule has 1 aromatic rings. The summed E-state index contributed by atoms with van der Waals surface area (Å²) in [7, 11) is 3.95. The van der Waals surface area contributed by atoms with Crippen molar-refractivity contribution in [2.24, 2.45) is 0 Å². The standard InChI is InChI=1S/C15H22FNO/c1-11-6-7-13(16)12(10-11)14(18)15(17(2)3)8-4-5-9-15/h6-7,10,14,18H,4-5,8-9H2,1-3H3. The lowest BCUT2D eigenvalue weighted by atomic mass is 9.84. The predicted octanol–water partition coefficient (Wildman–Crippen LogP) is 3.04. The summed E-state index contributed by atoms with van der Waals surface area (Å²) in [5, 5.41) is 10.7. The molecular formula is C15H22FNO. The van der Waals surface area contributed by atoms with Crippen molar-refractivity contribution in [1.82, 2.24) is 4.90 Å². The Morgan fingerprint density at radius 2 is 1.89 bits per heavy atom. The Morgan fingerprint density at radius 3 is 2.44 bits per heavy atom. The summed E-state index contributed by atoms with van der Waals surface area (Å²) in [6.45, 7) is 1.92. The number of benzene rings is 1. The van der Waals surface area contributed by atoms with Crippen LogP contribution in [0.15, 0.2) is 18.2 Å². The zero-order chi connectivity index (χ0) is 13.3. The van der Waals surface area contributed by atoms with E-state index in [2.05, 4.69) is 4.90 Å². The van der Waals surface area contributed by atoms with Crippen molar-refractivity contribution >= 4 is 0 Å². The fraction of sp³-hybridized carbons (Fsp3) is 0.600. The van der Waals surface area contributed by atoms with E-state index in [0.29, 0.717) is 5.56 Å². The second kappa shape index (κ2) is 4.98. The van der Waals surface area contributed by atoms with E-state index in [1.165, 1.54) is 6.07 Å². The summed E-state index contributed by atoms with van der Waals surface area (Å²) in [4.78, 5) is 2.06. The van der Waals surface area contributed by atoms with Gasteiger partial charge in [0.2, 0.25) is 0 Å². The highest BCUT2D eigenvalue weighted by molar-refractivity contribution is 5.28. The van der Waals surface area contributed by atoms with Crippen LogP contribution in [0.4, 0.5) is 4.39 Å². The molecule has 1 unspecified atom stereocenters. The third kappa shape index (κ3) is 2.17. The molecular weight excluding hydrogens is 229 g/mol. The second-order valence-corrected chi connectivity index (χ2v) is 5.63. The van der Waals surface area contributed by atoms with Crippen molar-refractivity contribution in [1.29, 1.82) is 0 Å². The Kier molecular flexibility index (Phi) is 3.74. The highest BCUT2D eigenvalue weighted by atomic mass is 19.1. The van der Waals surface area contributed by atoms with Crippen LogP contribution < -0.4 is 0 Å². The lowest BCUT2D eigenvalue weighted by Crippen LogP contribution is -2.47. The fourth-order valence-corrected chi connectivity index (χ4v) is 3.11. The first kappa shape index (κ1) is 13.5. The monoisotopic (exact) mass is 251 g/mol. The third-order valence-electron chi connectivity index (χ3n) is 4.32. The van der Waals surface area contributed by atoms with Gasteiger partial charge < -0.3 is 10.0 Å². The first-order valence-electron chi connectivity index (χ1n) is 6.59. The van der Waals surface area contributed by atoms with Gasteiger partial charge in [0.05, 0.1) is 5.54 Å². The van der Waals surface area contributed by atoms with E-state index in [-0.39, 0.29) is 11.4 Å². The van der Waals surface area contributed by atoms with Crippen molar-refractivity contribution in [2.75, 3.05) is 14.1 Å². The van der Waals surface area contributed by atoms with Gasteiger partial charge in [-0.1, -0.05) is 30.5 Å². The zero-order valence-corrected chi connectivity index (χ0v) is 11.4. The Hall–Kier alpha value is -0.930. The normalized spacial score (nSPS) is 20.3. The molecule has 0 saturated heterocycles. The minimum absolute atomic E-state index is 0.304. The van der Waals surface area contributed by atoms with Crippen molar-refractivity contribution in [3.8, 4) is 0 Å². The molecule has 0 aliphatic heterocycles. The first-order valence-corrected chi connectivity index (χ1v) is 6.59. The molecule has 3 heteroatoms. The SMILES string of the molecule is Cc1ccc(F)c(C(O)C2(N(C)C)CCCC2)c1. The minimum atomic E-state index is -0.755. The molecule has 0 amide bonds. The quantitative estimate of drug-likeness (QED) is 0.892. The maximum absolute atomic E-state index is 13.9. The second-order valence-electron chi connectivity index (χ2n) is 5.63. The van der Waals surface area contributed by atoms with E-state index in [0.717, 1.165) is 31.2 Å². The van der Waals surface area contributed by atoms with Gasteiger partial charge in [-0.05, 0) is 39.9 Å². The van der Waals surface area contributed by atoms with E-state index in [1.807, 2.05) is 21.0 Å². The van der Waals surface area contributed by atoms with Crippen LogP contribution in [-0.2, 0) is 0 Å². The van der Waals surface area contributed by atoms with Crippen LogP contribution in [0.2, 0.25) is 0 Å². The number of hydrogen-bond donors (Lipinski definition) is 1. The number of aliphatic hydroxyl groups excluding tert-OH is 1. The van der Waals surface area contributed by atoms with Crippen LogP contribution in [0.25, 0.3) is 0 Å². The summed E-state index contributed by atoms with van der Waals surface area (Å²) in [6, 6.07) is 4.96. The number of aliphatic hydroxyl groups is 1. The third-order valence-corrected chi connectivity index (χ3v) is 4.32. The van der Waals surface area contributed by atoms with Crippen molar-refractivity contribution in [2.45, 2.75) is 44.2 Å². The first-order chi connectivity index (χ1) is 8.47. The Morgan fingerprint density at radius 1 is 1.28 bits per heavy atom. The van der Waals surface area contributed by atoms with E-state index in [9.17, 15) is 9.50 Å². The molecule has 1 fully saturated rings. The number of likely N-dealkylation sites (N-methyl/N-ethyl adjacent to an activating group) is 1. The molecule has 2 rings (SSSR count). The van der Waals surface area contributed by atoms with Crippen LogP contribution in [0, 0.1) is 12.7 Å². The number of aryl methyl sites for hydroxylation is 1. The van der Waals surface area contributed by atoms with Crippen LogP contribution in [-0.4, -0.2) is 29.6 Å². The molecule has 0 radical (unpaired) electrons. The van der Waals surface area contributed by atoms with Gasteiger partial charge in [-0.25, -0.2) is 4.39 Å². The minimum Gasteiger partial charge on any atom is -0.386 e. The molecule has 0 heterocycles. The maximum Gasteiger partial charge on any atom is 0.129 e. The van der Waals surface area contributed by atoms with Crippen LogP contribution in [0.1, 0.15) is 42.9 Å². The molecule has 1 aromatic carbocycles. The molecule has 2 nitrogen and oxygen atoms in total. The average Bonchev–Trinajstić information content (AvgIpc) is 2.82. The number of nitrogens with zero attached hydrogens (tertiary/aromatic N) is 1. The lowest BCUT2D eigenvalue weighted by molar-refractivity contribution is -0.00675. The highest BCUT2D eigenvalue weighted by Gasteiger charge is 2.44. The van der Waals surface area contributed by atoms with Crippen LogP contribution >= 0.6 is 0 Å². The van der Waals surface area contributed by atoms with Gasteiger partial charge in [0.25, 0.3) is 0 Å². The molecule has 1 saturated carbocycles. The number of rotatable bonds is 3. The van der Waals surface area contributed by atoms with Crippen LogP contribution in [0.5, 0.6) is 0 Å². The fourth-order valence-electron chi connectivity index (χ4n) is 3.11. The zero-order valence-electron chi connectivity index (χ0n) is 11.4. The topological polar surface area (TPSA) is 23.5 Å². The van der Waals surface area contributed by atoms with Gasteiger partial charge in [0.1, 0.15) is 11.9 Å². The largest absolute Gasteiger partial charge is 0.386 e. The molecule has 1 aliphatic rings. The van der Waals surface area contributed by atoms with Crippen molar-refractivity contribution in [3.05, 3.63) is 35.1 Å². The van der Waals surface area contributed by atoms with Gasteiger partial charge in [-0.15, -0.1) is 0 Å². The average molecular weight is 251 g/mol. The molecule has 100 valence electrons. The van der Waals surface area contributed by atoms with Gasteiger partial charge in [-0.2, -0.15) is 0 Å². The Labute approximate surface area is 108 Å². The summed E-state index contributed by atoms with van der Waals surface area (Å²) >= 11 is 0. The summed E-state index contributed by atoms with van der Waals surface area (Å²) in [5.41, 5.74) is 1.11. The van der Waals surface area contributed by atoms with Gasteiger partial charge in [-0.3, -0.25) is 0 Å². The summed E-state index contributed by atoms with van der Waals surface area (Å²) in [5.74, 6) is -0.304. The van der Waals surface area contributed by atoms with E-state index >= 15 is 0 Å². The van der Waals surface area contributed by atoms with Gasteiger partial charge in [0, 0.05) is 5.56 Å². The molecule has 0 bridgehead atoms. The van der Waals surface area contributed by atoms with E-state index in [4.69, 9.17) is 0 Å². The van der Waals surface area contributed by atoms with Crippen LogP contribution in [0.3, 0.4) is 0 Å². The number of hydrogen-bond acceptors (Lipinski definition) is 2. The smallest absolute Gasteiger partial charge is 0.129 e. The Bertz CT molecular complexity index is 425. The number of halogens is 1. The molecule has 0 spiro atoms. The lowest BCUT2D eigenvalue weighted by Gasteiger charge is -2.40. The highest BCUT2D eigenvalue weighted by Crippen LogP contribution is 2.43. The Balaban J connectivity index is 2.39. The molecule has 1 aliphatic carbocycles. The molecule has 1 N–H and O–H groups in total. The maximum atomic E-state index is 13.9. The van der Waals surface area contributed by atoms with Crippen molar-refractivity contribution in [3.63, 3.8) is 0 Å². The van der Waals surface area contributed by atoms with Gasteiger partial charge in [0.15, 0.2) is 0 Å². The van der Waals surface area contributed by atoms with Crippen molar-refractivity contribution < 1.29 is 9.50 Å². The van der Waals surface area contributed by atoms with E-state index < -0.39 is 6.10 Å².